The minimum absolute atomic E-state index is 0.0242. The first-order valence-corrected chi connectivity index (χ1v) is 14.3. The highest BCUT2D eigenvalue weighted by Gasteiger charge is 2.24. The maximum absolute atomic E-state index is 13.4. The molecule has 1 unspecified atom stereocenters. The highest BCUT2D eigenvalue weighted by atomic mass is 35.5. The molecule has 3 heterocycles. The highest BCUT2D eigenvalue weighted by molar-refractivity contribution is 6.42. The number of hydrogen-bond donors (Lipinski definition) is 0. The molecule has 0 spiro atoms. The molecule has 1 amide bonds. The molecule has 10 heteroatoms. The molecule has 0 aliphatic carbocycles. The second-order valence-electron chi connectivity index (χ2n) is 10.8. The van der Waals surface area contributed by atoms with Crippen LogP contribution in [0.15, 0.2) is 49.1 Å². The van der Waals surface area contributed by atoms with E-state index in [1.165, 1.54) is 0 Å². The largest absolute Gasteiger partial charge is 0.352 e. The van der Waals surface area contributed by atoms with Gasteiger partial charge in [-0.15, -0.1) is 0 Å². The predicted octanol–water partition coefficient (Wildman–Crippen LogP) is 5.36. The number of piperazine rings is 1. The molecule has 0 bridgehead atoms. The minimum Gasteiger partial charge on any atom is -0.352 e. The summed E-state index contributed by atoms with van der Waals surface area (Å²) < 4.78 is 1.92. The summed E-state index contributed by atoms with van der Waals surface area (Å²) in [6, 6.07) is 11.8. The van der Waals surface area contributed by atoms with Crippen molar-refractivity contribution in [1.29, 1.82) is 0 Å². The van der Waals surface area contributed by atoms with Crippen LogP contribution in [0.1, 0.15) is 39.4 Å². The van der Waals surface area contributed by atoms with Crippen molar-refractivity contribution >= 4 is 46.1 Å². The Bertz CT molecular complexity index is 1490. The van der Waals surface area contributed by atoms with Gasteiger partial charge in [0.2, 0.25) is 0 Å². The third-order valence-electron chi connectivity index (χ3n) is 7.67. The number of amides is 1. The Balaban J connectivity index is 1.26. The zero-order valence-corrected chi connectivity index (χ0v) is 25.0. The van der Waals surface area contributed by atoms with E-state index < -0.39 is 0 Å². The number of nitrogens with zero attached hydrogens (tertiary/aromatic N) is 7. The van der Waals surface area contributed by atoms with E-state index in [9.17, 15) is 4.79 Å². The number of carbonyl (C=O) groups excluding carboxylic acids is 1. The lowest BCUT2D eigenvalue weighted by atomic mass is 9.94. The minimum atomic E-state index is 0.0242. The van der Waals surface area contributed by atoms with Crippen molar-refractivity contribution in [3.05, 3.63) is 81.4 Å². The van der Waals surface area contributed by atoms with Crippen LogP contribution in [0.3, 0.4) is 0 Å². The summed E-state index contributed by atoms with van der Waals surface area (Å²) in [5.74, 6) is 1.03. The van der Waals surface area contributed by atoms with Crippen molar-refractivity contribution in [2.45, 2.75) is 26.2 Å². The number of anilines is 1. The Morgan fingerprint density at radius 2 is 1.70 bits per heavy atom. The summed E-state index contributed by atoms with van der Waals surface area (Å²) in [6.45, 7) is 9.11. The highest BCUT2D eigenvalue weighted by Crippen LogP contribution is 2.30. The van der Waals surface area contributed by atoms with E-state index in [1.54, 1.807) is 12.7 Å². The first-order valence-electron chi connectivity index (χ1n) is 13.6. The molecule has 8 nitrogen and oxygen atoms in total. The first kappa shape index (κ1) is 28.3. The smallest absolute Gasteiger partial charge is 0.253 e. The van der Waals surface area contributed by atoms with Crippen LogP contribution in [0.25, 0.3) is 11.2 Å². The molecular weight excluding hydrogens is 545 g/mol. The van der Waals surface area contributed by atoms with Crippen LogP contribution in [-0.4, -0.2) is 81.5 Å². The lowest BCUT2D eigenvalue weighted by molar-refractivity contribution is 0.0782. The lowest BCUT2D eigenvalue weighted by Crippen LogP contribution is -2.47. The number of hydrogen-bond acceptors (Lipinski definition) is 6. The van der Waals surface area contributed by atoms with Crippen molar-refractivity contribution < 1.29 is 4.79 Å². The second kappa shape index (κ2) is 12.1. The predicted molar refractivity (Wildman–Crippen MR) is 162 cm³/mol. The van der Waals surface area contributed by atoms with E-state index in [4.69, 9.17) is 23.2 Å². The normalized spacial score (nSPS) is 15.0. The summed E-state index contributed by atoms with van der Waals surface area (Å²) in [5.41, 5.74) is 5.67. The molecule has 4 aromatic rings. The van der Waals surface area contributed by atoms with Crippen molar-refractivity contribution in [2.75, 3.05) is 51.2 Å². The van der Waals surface area contributed by atoms with Crippen LogP contribution in [-0.2, 0) is 7.05 Å². The van der Waals surface area contributed by atoms with Gasteiger partial charge in [0.1, 0.15) is 6.33 Å². The van der Waals surface area contributed by atoms with Crippen molar-refractivity contribution in [1.82, 2.24) is 29.3 Å². The van der Waals surface area contributed by atoms with Gasteiger partial charge in [-0.05, 0) is 56.6 Å². The molecular formula is C30H35Cl2N7O. The van der Waals surface area contributed by atoms with Gasteiger partial charge in [0.15, 0.2) is 17.0 Å². The molecule has 1 fully saturated rings. The van der Waals surface area contributed by atoms with E-state index in [2.05, 4.69) is 30.8 Å². The van der Waals surface area contributed by atoms with Crippen LogP contribution >= 0.6 is 23.2 Å². The summed E-state index contributed by atoms with van der Waals surface area (Å²) in [7, 11) is 3.82. The van der Waals surface area contributed by atoms with Gasteiger partial charge in [-0.2, -0.15) is 0 Å². The van der Waals surface area contributed by atoms with Gasteiger partial charge in [-0.1, -0.05) is 46.5 Å². The van der Waals surface area contributed by atoms with Crippen LogP contribution in [0.5, 0.6) is 0 Å². The van der Waals surface area contributed by atoms with Gasteiger partial charge >= 0.3 is 0 Å². The van der Waals surface area contributed by atoms with Gasteiger partial charge in [-0.3, -0.25) is 9.69 Å². The Morgan fingerprint density at radius 3 is 2.40 bits per heavy atom. The second-order valence-corrected chi connectivity index (χ2v) is 11.6. The Labute approximate surface area is 245 Å². The average Bonchev–Trinajstić information content (AvgIpc) is 3.32. The van der Waals surface area contributed by atoms with Crippen LogP contribution in [0, 0.1) is 13.8 Å². The number of aromatic nitrogens is 4. The number of halogens is 2. The van der Waals surface area contributed by atoms with E-state index >= 15 is 0 Å². The molecule has 1 aliphatic rings. The molecule has 1 aliphatic heterocycles. The van der Waals surface area contributed by atoms with Crippen molar-refractivity contribution in [2.24, 2.45) is 7.05 Å². The summed E-state index contributed by atoms with van der Waals surface area (Å²) in [4.78, 5) is 33.4. The average molecular weight is 581 g/mol. The van der Waals surface area contributed by atoms with Gasteiger partial charge in [0.05, 0.1) is 16.4 Å². The number of benzene rings is 2. The zero-order chi connectivity index (χ0) is 28.4. The molecule has 2 aromatic heterocycles. The van der Waals surface area contributed by atoms with Crippen LogP contribution in [0.4, 0.5) is 5.82 Å². The summed E-state index contributed by atoms with van der Waals surface area (Å²) in [6.07, 6.45) is 4.29. The quantitative estimate of drug-likeness (QED) is 0.280. The number of rotatable bonds is 8. The lowest BCUT2D eigenvalue weighted by Gasteiger charge is -2.36. The Morgan fingerprint density at radius 1 is 0.975 bits per heavy atom. The van der Waals surface area contributed by atoms with Gasteiger partial charge in [0, 0.05) is 58.3 Å². The van der Waals surface area contributed by atoms with E-state index in [1.807, 2.05) is 67.7 Å². The first-order chi connectivity index (χ1) is 19.2. The van der Waals surface area contributed by atoms with E-state index in [0.29, 0.717) is 16.6 Å². The number of aryl methyl sites for hydroxylation is 3. The topological polar surface area (TPSA) is 70.4 Å². The third-order valence-corrected chi connectivity index (χ3v) is 8.41. The summed E-state index contributed by atoms with van der Waals surface area (Å²) >= 11 is 12.6. The van der Waals surface area contributed by atoms with Crippen LogP contribution in [0.2, 0.25) is 10.0 Å². The molecule has 0 radical (unpaired) electrons. The molecule has 0 saturated carbocycles. The fourth-order valence-electron chi connectivity index (χ4n) is 5.55. The Hall–Kier alpha value is -3.20. The number of imidazole rings is 1. The van der Waals surface area contributed by atoms with Gasteiger partial charge in [0.25, 0.3) is 5.91 Å². The standard InChI is InChI=1S/C30H35Cl2N7O/c1-20-13-21(2)15-24(14-20)30(40)36(3)17-23(22-5-6-25(31)26(32)16-22)7-8-38-9-11-39(12-10-38)29-27-28(33-18-34-29)37(4)19-35-27/h5-6,13-16,18-19,23H,7-12,17H2,1-4H3. The molecule has 210 valence electrons. The number of likely N-dealkylation sites (N-methyl/N-ethyl adjacent to an activating group) is 1. The molecule has 1 saturated heterocycles. The summed E-state index contributed by atoms with van der Waals surface area (Å²) in [5, 5.41) is 1.07. The fourth-order valence-corrected chi connectivity index (χ4v) is 5.85. The number of fused-ring (bicyclic) bond motifs is 1. The van der Waals surface area contributed by atoms with Gasteiger partial charge in [-0.25, -0.2) is 15.0 Å². The fraction of sp³-hybridized carbons (Fsp3) is 0.400. The zero-order valence-electron chi connectivity index (χ0n) is 23.4. The maximum atomic E-state index is 13.4. The molecule has 1 atom stereocenters. The molecule has 2 aromatic carbocycles. The van der Waals surface area contributed by atoms with Gasteiger partial charge < -0.3 is 14.4 Å². The SMILES string of the molecule is Cc1cc(C)cc(C(=O)N(C)CC(CCN2CCN(c3ncnc4c3ncn4C)CC2)c2ccc(Cl)c(Cl)c2)c1. The van der Waals surface area contributed by atoms with E-state index in [0.717, 1.165) is 78.4 Å². The van der Waals surface area contributed by atoms with E-state index in [-0.39, 0.29) is 11.8 Å². The van der Waals surface area contributed by atoms with Crippen molar-refractivity contribution in [3.63, 3.8) is 0 Å². The third kappa shape index (κ3) is 6.24. The maximum Gasteiger partial charge on any atom is 0.253 e. The van der Waals surface area contributed by atoms with Crippen molar-refractivity contribution in [3.8, 4) is 0 Å². The Kier molecular flexibility index (Phi) is 8.59. The number of carbonyl (C=O) groups is 1. The molecule has 5 rings (SSSR count). The monoisotopic (exact) mass is 579 g/mol. The molecule has 0 N–H and O–H groups in total. The van der Waals surface area contributed by atoms with Crippen LogP contribution < -0.4 is 4.90 Å². The molecule has 40 heavy (non-hydrogen) atoms.